The Labute approximate surface area is 171 Å². The number of aryl methyl sites for hydroxylation is 1. The van der Waals surface area contributed by atoms with E-state index in [-0.39, 0.29) is 15.5 Å². The normalized spacial score (nSPS) is 14.4. The minimum absolute atomic E-state index is 0.0719. The van der Waals surface area contributed by atoms with E-state index in [1.54, 1.807) is 29.9 Å². The zero-order valence-corrected chi connectivity index (χ0v) is 17.3. The lowest BCUT2D eigenvalue weighted by Crippen LogP contribution is -2.29. The molecule has 0 atom stereocenters. The average Bonchev–Trinajstić information content (AvgIpc) is 3.28. The summed E-state index contributed by atoms with van der Waals surface area (Å²) >= 11 is 7.53. The van der Waals surface area contributed by atoms with Gasteiger partial charge in [-0.2, -0.15) is 4.99 Å². The van der Waals surface area contributed by atoms with Crippen molar-refractivity contribution in [3.8, 4) is 0 Å². The molecule has 2 heterocycles. The third kappa shape index (κ3) is 3.28. The third-order valence-corrected chi connectivity index (χ3v) is 7.69. The fraction of sp³-hybridized carbons (Fsp3) is 0.158. The highest BCUT2D eigenvalue weighted by Crippen LogP contribution is 2.35. The Morgan fingerprint density at radius 1 is 1.21 bits per heavy atom. The minimum Gasteiger partial charge on any atom is -0.327 e. The molecule has 4 rings (SSSR count). The summed E-state index contributed by atoms with van der Waals surface area (Å²) in [5.41, 5.74) is 1.78. The molecule has 144 valence electrons. The number of carbonyl (C=O) groups excluding carboxylic acids is 1. The number of nitrogens with zero attached hydrogens (tertiary/aromatic N) is 3. The van der Waals surface area contributed by atoms with Crippen LogP contribution in [0.25, 0.3) is 0 Å². The predicted molar refractivity (Wildman–Crippen MR) is 109 cm³/mol. The van der Waals surface area contributed by atoms with Crippen molar-refractivity contribution in [1.29, 1.82) is 0 Å². The van der Waals surface area contributed by atoms with E-state index in [1.165, 1.54) is 33.8 Å². The summed E-state index contributed by atoms with van der Waals surface area (Å²) in [5, 5.41) is 1.89. The largest absolute Gasteiger partial charge is 0.327 e. The SMILES string of the molecule is Cn1ccsc1=NC(=O)c1ccc(Cl)c(S(=O)(=O)N2CCc3ccccc32)c1. The molecule has 0 spiro atoms. The first-order valence-electron chi connectivity index (χ1n) is 8.47. The van der Waals surface area contributed by atoms with E-state index in [2.05, 4.69) is 4.99 Å². The Bertz CT molecular complexity index is 1250. The second kappa shape index (κ2) is 7.20. The first kappa shape index (κ1) is 18.9. The molecule has 0 saturated heterocycles. The van der Waals surface area contributed by atoms with Crippen LogP contribution in [0.4, 0.5) is 5.69 Å². The Morgan fingerprint density at radius 2 is 2.00 bits per heavy atom. The number of aromatic nitrogens is 1. The van der Waals surface area contributed by atoms with Crippen molar-refractivity contribution in [3.63, 3.8) is 0 Å². The van der Waals surface area contributed by atoms with Gasteiger partial charge in [0.2, 0.25) is 0 Å². The van der Waals surface area contributed by atoms with Crippen molar-refractivity contribution in [2.75, 3.05) is 10.8 Å². The van der Waals surface area contributed by atoms with Crippen molar-refractivity contribution in [3.05, 3.63) is 75.0 Å². The smallest absolute Gasteiger partial charge is 0.279 e. The van der Waals surface area contributed by atoms with Crippen LogP contribution in [0.3, 0.4) is 0 Å². The van der Waals surface area contributed by atoms with Crippen LogP contribution in [0.1, 0.15) is 15.9 Å². The van der Waals surface area contributed by atoms with Gasteiger partial charge in [0.25, 0.3) is 15.9 Å². The Hall–Kier alpha value is -2.42. The maximum Gasteiger partial charge on any atom is 0.279 e. The van der Waals surface area contributed by atoms with E-state index in [0.29, 0.717) is 23.5 Å². The molecular weight excluding hydrogens is 418 g/mol. The maximum atomic E-state index is 13.3. The molecule has 1 aromatic heterocycles. The van der Waals surface area contributed by atoms with Crippen molar-refractivity contribution < 1.29 is 13.2 Å². The Balaban J connectivity index is 1.76. The Morgan fingerprint density at radius 3 is 2.75 bits per heavy atom. The van der Waals surface area contributed by atoms with Crippen LogP contribution in [-0.2, 0) is 23.5 Å². The summed E-state index contributed by atoms with van der Waals surface area (Å²) in [6.45, 7) is 0.339. The number of sulfonamides is 1. The molecule has 0 fully saturated rings. The van der Waals surface area contributed by atoms with Crippen molar-refractivity contribution in [2.45, 2.75) is 11.3 Å². The van der Waals surface area contributed by atoms with E-state index in [1.807, 2.05) is 17.5 Å². The maximum absolute atomic E-state index is 13.3. The number of amides is 1. The summed E-state index contributed by atoms with van der Waals surface area (Å²) < 4.78 is 29.6. The molecule has 0 unspecified atom stereocenters. The number of para-hydroxylation sites is 1. The van der Waals surface area contributed by atoms with Crippen molar-refractivity contribution >= 4 is 44.6 Å². The molecule has 9 heteroatoms. The zero-order chi connectivity index (χ0) is 19.9. The molecular formula is C19H16ClN3O3S2. The van der Waals surface area contributed by atoms with Crippen LogP contribution in [-0.4, -0.2) is 25.4 Å². The summed E-state index contributed by atoms with van der Waals surface area (Å²) in [6, 6.07) is 11.6. The molecule has 0 saturated carbocycles. The van der Waals surface area contributed by atoms with Gasteiger partial charge in [0.15, 0.2) is 4.80 Å². The fourth-order valence-electron chi connectivity index (χ4n) is 3.10. The van der Waals surface area contributed by atoms with Gasteiger partial charge in [-0.1, -0.05) is 29.8 Å². The van der Waals surface area contributed by atoms with E-state index < -0.39 is 15.9 Å². The van der Waals surface area contributed by atoms with Crippen molar-refractivity contribution in [1.82, 2.24) is 4.57 Å². The topological polar surface area (TPSA) is 71.7 Å². The highest BCUT2D eigenvalue weighted by atomic mass is 35.5. The lowest BCUT2D eigenvalue weighted by molar-refractivity contribution is 0.0997. The van der Waals surface area contributed by atoms with Gasteiger partial charge in [0.05, 0.1) is 10.7 Å². The molecule has 2 aromatic carbocycles. The van der Waals surface area contributed by atoms with E-state index in [4.69, 9.17) is 11.6 Å². The standard InChI is InChI=1S/C19H16ClN3O3S2/c1-22-10-11-27-19(22)21-18(24)14-6-7-15(20)17(12-14)28(25,26)23-9-8-13-4-2-3-5-16(13)23/h2-7,10-12H,8-9H2,1H3. The number of hydrogen-bond acceptors (Lipinski definition) is 4. The molecule has 0 aliphatic carbocycles. The average molecular weight is 434 g/mol. The van der Waals surface area contributed by atoms with Gasteiger partial charge in [-0.25, -0.2) is 8.42 Å². The quantitative estimate of drug-likeness (QED) is 0.636. The lowest BCUT2D eigenvalue weighted by atomic mass is 10.2. The highest BCUT2D eigenvalue weighted by Gasteiger charge is 2.32. The number of benzene rings is 2. The zero-order valence-electron chi connectivity index (χ0n) is 14.9. The van der Waals surface area contributed by atoms with E-state index in [0.717, 1.165) is 5.56 Å². The summed E-state index contributed by atoms with van der Waals surface area (Å²) in [4.78, 5) is 17.0. The summed E-state index contributed by atoms with van der Waals surface area (Å²) in [7, 11) is -2.12. The van der Waals surface area contributed by atoms with Crippen LogP contribution in [0.5, 0.6) is 0 Å². The van der Waals surface area contributed by atoms with E-state index >= 15 is 0 Å². The molecule has 1 aliphatic rings. The van der Waals surface area contributed by atoms with Gasteiger partial charge in [0, 0.05) is 30.7 Å². The van der Waals surface area contributed by atoms with Crippen LogP contribution < -0.4 is 9.11 Å². The van der Waals surface area contributed by atoms with Gasteiger partial charge in [-0.05, 0) is 36.2 Å². The second-order valence-corrected chi connectivity index (χ2v) is 9.43. The number of rotatable bonds is 3. The van der Waals surface area contributed by atoms with Crippen molar-refractivity contribution in [2.24, 2.45) is 12.0 Å². The highest BCUT2D eigenvalue weighted by molar-refractivity contribution is 7.93. The number of hydrogen-bond donors (Lipinski definition) is 0. The van der Waals surface area contributed by atoms with Crippen LogP contribution in [0.2, 0.25) is 5.02 Å². The first-order valence-corrected chi connectivity index (χ1v) is 11.2. The molecule has 1 aliphatic heterocycles. The van der Waals surface area contributed by atoms with E-state index in [9.17, 15) is 13.2 Å². The lowest BCUT2D eigenvalue weighted by Gasteiger charge is -2.20. The monoisotopic (exact) mass is 433 g/mol. The molecule has 6 nitrogen and oxygen atoms in total. The first-order chi connectivity index (χ1) is 13.4. The molecule has 3 aromatic rings. The Kier molecular flexibility index (Phi) is 4.86. The van der Waals surface area contributed by atoms with Crippen LogP contribution in [0, 0.1) is 0 Å². The fourth-order valence-corrected chi connectivity index (χ4v) is 5.83. The second-order valence-electron chi connectivity index (χ2n) is 6.31. The number of thiazole rings is 1. The van der Waals surface area contributed by atoms with Crippen LogP contribution >= 0.6 is 22.9 Å². The molecule has 0 bridgehead atoms. The number of fused-ring (bicyclic) bond motifs is 1. The third-order valence-electron chi connectivity index (χ3n) is 4.55. The van der Waals surface area contributed by atoms with Gasteiger partial charge in [-0.15, -0.1) is 11.3 Å². The van der Waals surface area contributed by atoms with Crippen LogP contribution in [0.15, 0.2) is 63.9 Å². The number of carbonyl (C=O) groups is 1. The molecule has 0 radical (unpaired) electrons. The molecule has 1 amide bonds. The number of anilines is 1. The van der Waals surface area contributed by atoms with Gasteiger partial charge in [0.1, 0.15) is 4.90 Å². The molecule has 0 N–H and O–H groups in total. The van der Waals surface area contributed by atoms with Gasteiger partial charge >= 0.3 is 0 Å². The van der Waals surface area contributed by atoms with Gasteiger partial charge in [-0.3, -0.25) is 9.10 Å². The minimum atomic E-state index is -3.90. The van der Waals surface area contributed by atoms with Gasteiger partial charge < -0.3 is 4.57 Å². The number of halogens is 1. The molecule has 28 heavy (non-hydrogen) atoms. The summed E-state index contributed by atoms with van der Waals surface area (Å²) in [5.74, 6) is -0.520. The predicted octanol–water partition coefficient (Wildman–Crippen LogP) is 3.23. The summed E-state index contributed by atoms with van der Waals surface area (Å²) in [6.07, 6.45) is 2.43.